The molecule has 0 bridgehead atoms. The maximum Gasteiger partial charge on any atom is 0.225 e. The molecule has 5 heteroatoms. The van der Waals surface area contributed by atoms with Gasteiger partial charge in [0.15, 0.2) is 0 Å². The summed E-state index contributed by atoms with van der Waals surface area (Å²) in [5, 5.41) is 3.32. The predicted octanol–water partition coefficient (Wildman–Crippen LogP) is 2.88. The topological polar surface area (TPSA) is 51.2 Å². The van der Waals surface area contributed by atoms with Crippen molar-refractivity contribution in [3.05, 3.63) is 23.4 Å². The van der Waals surface area contributed by atoms with Gasteiger partial charge in [-0.1, -0.05) is 11.6 Å². The maximum absolute atomic E-state index is 11.8. The van der Waals surface area contributed by atoms with Gasteiger partial charge in [0.25, 0.3) is 0 Å². The lowest BCUT2D eigenvalue weighted by atomic mass is 9.80. The quantitative estimate of drug-likeness (QED) is 0.893. The SMILES string of the molecule is CCOC1CC(CC(=O)Nc2cc(Cl)ccn2)C1. The summed E-state index contributed by atoms with van der Waals surface area (Å²) in [5.74, 6) is 0.929. The van der Waals surface area contributed by atoms with Crippen molar-refractivity contribution < 1.29 is 9.53 Å². The first kappa shape index (κ1) is 13.3. The highest BCUT2D eigenvalue weighted by molar-refractivity contribution is 6.30. The first-order valence-electron chi connectivity index (χ1n) is 6.20. The van der Waals surface area contributed by atoms with Gasteiger partial charge in [0.1, 0.15) is 5.82 Å². The summed E-state index contributed by atoms with van der Waals surface area (Å²) in [6.07, 6.45) is 4.40. The second kappa shape index (κ2) is 6.16. The van der Waals surface area contributed by atoms with E-state index >= 15 is 0 Å². The van der Waals surface area contributed by atoms with E-state index in [4.69, 9.17) is 16.3 Å². The van der Waals surface area contributed by atoms with Crippen LogP contribution in [0.5, 0.6) is 0 Å². The van der Waals surface area contributed by atoms with E-state index in [1.807, 2.05) is 6.92 Å². The minimum atomic E-state index is -0.00952. The second-order valence-corrected chi connectivity index (χ2v) is 4.96. The molecule has 1 aliphatic carbocycles. The Balaban J connectivity index is 1.73. The molecule has 0 unspecified atom stereocenters. The lowest BCUT2D eigenvalue weighted by molar-refractivity contribution is -0.119. The molecule has 0 saturated heterocycles. The number of hydrogen-bond acceptors (Lipinski definition) is 3. The number of hydrogen-bond donors (Lipinski definition) is 1. The minimum Gasteiger partial charge on any atom is -0.378 e. The lowest BCUT2D eigenvalue weighted by Crippen LogP contribution is -2.33. The Bertz CT molecular complexity index is 419. The number of pyridine rings is 1. The highest BCUT2D eigenvalue weighted by Gasteiger charge is 2.31. The Kier molecular flexibility index (Phi) is 4.55. The molecular formula is C13H17ClN2O2. The van der Waals surface area contributed by atoms with Crippen LogP contribution in [0.1, 0.15) is 26.2 Å². The third-order valence-corrected chi connectivity index (χ3v) is 3.29. The largest absolute Gasteiger partial charge is 0.378 e. The number of nitrogens with one attached hydrogen (secondary N) is 1. The fourth-order valence-corrected chi connectivity index (χ4v) is 2.30. The second-order valence-electron chi connectivity index (χ2n) is 4.53. The van der Waals surface area contributed by atoms with E-state index in [1.165, 1.54) is 0 Å². The van der Waals surface area contributed by atoms with Crippen molar-refractivity contribution in [2.75, 3.05) is 11.9 Å². The van der Waals surface area contributed by atoms with Crippen molar-refractivity contribution in [2.45, 2.75) is 32.3 Å². The zero-order chi connectivity index (χ0) is 13.0. The number of halogens is 1. The highest BCUT2D eigenvalue weighted by atomic mass is 35.5. The average Bonchev–Trinajstić information content (AvgIpc) is 2.26. The van der Waals surface area contributed by atoms with Crippen LogP contribution in [0.3, 0.4) is 0 Å². The van der Waals surface area contributed by atoms with Crippen LogP contribution in [0.4, 0.5) is 5.82 Å². The van der Waals surface area contributed by atoms with Crippen LogP contribution in [-0.2, 0) is 9.53 Å². The zero-order valence-electron chi connectivity index (χ0n) is 10.4. The normalized spacial score (nSPS) is 22.3. The van der Waals surface area contributed by atoms with E-state index < -0.39 is 0 Å². The van der Waals surface area contributed by atoms with Crippen LogP contribution in [0.2, 0.25) is 5.02 Å². The molecule has 1 fully saturated rings. The minimum absolute atomic E-state index is 0.00952. The average molecular weight is 269 g/mol. The number of nitrogens with zero attached hydrogens (tertiary/aromatic N) is 1. The van der Waals surface area contributed by atoms with Crippen molar-refractivity contribution in [3.8, 4) is 0 Å². The Morgan fingerprint density at radius 3 is 3.06 bits per heavy atom. The lowest BCUT2D eigenvalue weighted by Gasteiger charge is -2.34. The molecule has 0 radical (unpaired) electrons. The zero-order valence-corrected chi connectivity index (χ0v) is 11.1. The van der Waals surface area contributed by atoms with Gasteiger partial charge in [0.05, 0.1) is 6.10 Å². The predicted molar refractivity (Wildman–Crippen MR) is 70.6 cm³/mol. The van der Waals surface area contributed by atoms with Crippen molar-refractivity contribution in [1.29, 1.82) is 0 Å². The number of amides is 1. The molecule has 1 amide bonds. The van der Waals surface area contributed by atoms with E-state index in [-0.39, 0.29) is 5.91 Å². The van der Waals surface area contributed by atoms with Gasteiger partial charge in [0.2, 0.25) is 5.91 Å². The Labute approximate surface area is 112 Å². The van der Waals surface area contributed by atoms with Crippen LogP contribution in [-0.4, -0.2) is 23.6 Å². The molecule has 0 aromatic carbocycles. The van der Waals surface area contributed by atoms with E-state index in [0.29, 0.717) is 29.3 Å². The molecule has 1 saturated carbocycles. The van der Waals surface area contributed by atoms with Gasteiger partial charge in [0, 0.05) is 24.2 Å². The van der Waals surface area contributed by atoms with Crippen LogP contribution >= 0.6 is 11.6 Å². The van der Waals surface area contributed by atoms with E-state index in [0.717, 1.165) is 19.4 Å². The van der Waals surface area contributed by atoms with Crippen molar-refractivity contribution in [3.63, 3.8) is 0 Å². The molecule has 4 nitrogen and oxygen atoms in total. The maximum atomic E-state index is 11.8. The molecular weight excluding hydrogens is 252 g/mol. The molecule has 0 atom stereocenters. The van der Waals surface area contributed by atoms with E-state index in [2.05, 4.69) is 10.3 Å². The summed E-state index contributed by atoms with van der Waals surface area (Å²) < 4.78 is 5.46. The van der Waals surface area contributed by atoms with E-state index in [9.17, 15) is 4.79 Å². The molecule has 1 aromatic heterocycles. The molecule has 2 rings (SSSR count). The molecule has 18 heavy (non-hydrogen) atoms. The van der Waals surface area contributed by atoms with Crippen LogP contribution in [0, 0.1) is 5.92 Å². The third kappa shape index (κ3) is 3.68. The number of aromatic nitrogens is 1. The Hall–Kier alpha value is -1.13. The van der Waals surface area contributed by atoms with Crippen molar-refractivity contribution in [2.24, 2.45) is 5.92 Å². The fraction of sp³-hybridized carbons (Fsp3) is 0.538. The number of ether oxygens (including phenoxy) is 1. The monoisotopic (exact) mass is 268 g/mol. The van der Waals surface area contributed by atoms with Gasteiger partial charge < -0.3 is 10.1 Å². The van der Waals surface area contributed by atoms with Gasteiger partial charge >= 0.3 is 0 Å². The standard InChI is InChI=1S/C13H17ClN2O2/c1-2-18-11-5-9(6-11)7-13(17)16-12-8-10(14)3-4-15-12/h3-4,8-9,11H,2,5-7H2,1H3,(H,15,16,17). The molecule has 1 heterocycles. The number of carbonyl (C=O) groups is 1. The number of anilines is 1. The third-order valence-electron chi connectivity index (χ3n) is 3.06. The van der Waals surface area contributed by atoms with E-state index in [1.54, 1.807) is 18.3 Å². The summed E-state index contributed by atoms with van der Waals surface area (Å²) in [6, 6.07) is 3.32. The van der Waals surface area contributed by atoms with Gasteiger partial charge in [-0.05, 0) is 37.8 Å². The van der Waals surface area contributed by atoms with Gasteiger partial charge in [-0.3, -0.25) is 4.79 Å². The molecule has 0 spiro atoms. The summed E-state index contributed by atoms with van der Waals surface area (Å²) in [6.45, 7) is 2.74. The fourth-order valence-electron chi connectivity index (χ4n) is 2.14. The van der Waals surface area contributed by atoms with Crippen molar-refractivity contribution in [1.82, 2.24) is 4.98 Å². The van der Waals surface area contributed by atoms with Gasteiger partial charge in [-0.2, -0.15) is 0 Å². The molecule has 1 N–H and O–H groups in total. The first-order valence-corrected chi connectivity index (χ1v) is 6.58. The highest BCUT2D eigenvalue weighted by Crippen LogP contribution is 2.32. The molecule has 98 valence electrons. The number of rotatable bonds is 5. The Morgan fingerprint density at radius 1 is 1.61 bits per heavy atom. The van der Waals surface area contributed by atoms with Crippen LogP contribution < -0.4 is 5.32 Å². The molecule has 1 aliphatic rings. The summed E-state index contributed by atoms with van der Waals surface area (Å²) in [4.78, 5) is 15.8. The number of carbonyl (C=O) groups excluding carboxylic acids is 1. The summed E-state index contributed by atoms with van der Waals surface area (Å²) in [5.41, 5.74) is 0. The van der Waals surface area contributed by atoms with Crippen LogP contribution in [0.25, 0.3) is 0 Å². The summed E-state index contributed by atoms with van der Waals surface area (Å²) >= 11 is 5.82. The van der Waals surface area contributed by atoms with Gasteiger partial charge in [-0.15, -0.1) is 0 Å². The van der Waals surface area contributed by atoms with Crippen molar-refractivity contribution >= 4 is 23.3 Å². The molecule has 1 aromatic rings. The van der Waals surface area contributed by atoms with Gasteiger partial charge in [-0.25, -0.2) is 4.98 Å². The van der Waals surface area contributed by atoms with Crippen LogP contribution in [0.15, 0.2) is 18.3 Å². The summed E-state index contributed by atoms with van der Waals surface area (Å²) in [7, 11) is 0. The Morgan fingerprint density at radius 2 is 2.39 bits per heavy atom. The first-order chi connectivity index (χ1) is 8.67. The smallest absolute Gasteiger partial charge is 0.225 e. The molecule has 0 aliphatic heterocycles.